The Morgan fingerprint density at radius 2 is 1.87 bits per heavy atom. The molecule has 0 radical (unpaired) electrons. The molecule has 3 heterocycles. The molecule has 0 N–H and O–H groups in total. The maximum Gasteiger partial charge on any atom is 0.183 e. The average Bonchev–Trinajstić information content (AvgIpc) is 2.78. The Bertz CT molecular complexity index is 1040. The third-order valence-electron chi connectivity index (χ3n) is 6.01. The van der Waals surface area contributed by atoms with E-state index in [9.17, 15) is 14.0 Å². The lowest BCUT2D eigenvalue weighted by atomic mass is 9.92. The number of carbonyl (C=O) groups is 2. The Balaban J connectivity index is 1.37. The smallest absolute Gasteiger partial charge is 0.183 e. The Labute approximate surface area is 181 Å². The second-order valence-corrected chi connectivity index (χ2v) is 8.07. The van der Waals surface area contributed by atoms with Crippen LogP contribution in [0.2, 0.25) is 0 Å². The molecule has 0 amide bonds. The van der Waals surface area contributed by atoms with Gasteiger partial charge in [-0.1, -0.05) is 19.9 Å². The molecule has 31 heavy (non-hydrogen) atoms. The number of hydrogen-bond acceptors (Lipinski definition) is 6. The lowest BCUT2D eigenvalue weighted by Gasteiger charge is -2.36. The van der Waals surface area contributed by atoms with Crippen molar-refractivity contribution in [2.24, 2.45) is 0 Å². The largest absolute Gasteiger partial charge is 0.368 e. The van der Waals surface area contributed by atoms with Crippen molar-refractivity contribution in [2.75, 3.05) is 31.1 Å². The van der Waals surface area contributed by atoms with Crippen LogP contribution in [0, 0.1) is 5.82 Å². The predicted molar refractivity (Wildman–Crippen MR) is 118 cm³/mol. The summed E-state index contributed by atoms with van der Waals surface area (Å²) in [6.45, 7) is 7.62. The first-order valence-electron chi connectivity index (χ1n) is 10.9. The fraction of sp³-hybridized carbons (Fsp3) is 0.417. The summed E-state index contributed by atoms with van der Waals surface area (Å²) in [4.78, 5) is 37.0. The number of fused-ring (bicyclic) bond motifs is 1. The van der Waals surface area contributed by atoms with E-state index in [2.05, 4.69) is 25.8 Å². The second kappa shape index (κ2) is 9.06. The fourth-order valence-corrected chi connectivity index (χ4v) is 4.16. The third-order valence-corrected chi connectivity index (χ3v) is 6.01. The van der Waals surface area contributed by atoms with Crippen LogP contribution in [0.1, 0.15) is 54.0 Å². The molecule has 0 bridgehead atoms. The Hall–Kier alpha value is -2.93. The van der Waals surface area contributed by atoms with Gasteiger partial charge in [0.25, 0.3) is 0 Å². The van der Waals surface area contributed by atoms with Crippen LogP contribution in [0.5, 0.6) is 0 Å². The van der Waals surface area contributed by atoms with Gasteiger partial charge in [-0.15, -0.1) is 0 Å². The molecule has 1 aliphatic carbocycles. The van der Waals surface area contributed by atoms with E-state index in [4.69, 9.17) is 0 Å². The van der Waals surface area contributed by atoms with Gasteiger partial charge in [-0.05, 0) is 29.2 Å². The van der Waals surface area contributed by atoms with Gasteiger partial charge in [-0.25, -0.2) is 9.37 Å². The van der Waals surface area contributed by atoms with E-state index in [1.807, 2.05) is 19.2 Å². The van der Waals surface area contributed by atoms with Crippen molar-refractivity contribution < 1.29 is 14.0 Å². The molecule has 1 fully saturated rings. The number of halogens is 1. The first-order valence-corrected chi connectivity index (χ1v) is 10.9. The van der Waals surface area contributed by atoms with Crippen LogP contribution in [0.3, 0.4) is 0 Å². The van der Waals surface area contributed by atoms with Gasteiger partial charge in [-0.3, -0.25) is 19.5 Å². The average molecular weight is 423 g/mol. The monoisotopic (exact) mass is 422 g/mol. The predicted octanol–water partition coefficient (Wildman–Crippen LogP) is 3.45. The highest BCUT2D eigenvalue weighted by atomic mass is 19.1. The second-order valence-electron chi connectivity index (χ2n) is 8.07. The highest BCUT2D eigenvalue weighted by molar-refractivity contribution is 6.03. The van der Waals surface area contributed by atoms with Crippen LogP contribution in [-0.2, 0) is 17.8 Å². The summed E-state index contributed by atoms with van der Waals surface area (Å²) in [7, 11) is 0. The van der Waals surface area contributed by atoms with Crippen LogP contribution in [0.15, 0.2) is 30.1 Å². The summed E-state index contributed by atoms with van der Waals surface area (Å²) in [5.41, 5.74) is 4.48. The van der Waals surface area contributed by atoms with Crippen molar-refractivity contribution >= 4 is 23.3 Å². The number of allylic oxidation sites excluding steroid dienone is 1. The summed E-state index contributed by atoms with van der Waals surface area (Å²) >= 11 is 0. The van der Waals surface area contributed by atoms with E-state index in [0.717, 1.165) is 61.5 Å². The topological polar surface area (TPSA) is 66.4 Å². The summed E-state index contributed by atoms with van der Waals surface area (Å²) < 4.78 is 14.3. The van der Waals surface area contributed by atoms with Gasteiger partial charge in [-0.2, -0.15) is 0 Å². The van der Waals surface area contributed by atoms with Crippen molar-refractivity contribution in [3.05, 3.63) is 58.4 Å². The number of ketones is 2. The van der Waals surface area contributed by atoms with Gasteiger partial charge in [0.05, 0.1) is 17.6 Å². The van der Waals surface area contributed by atoms with Gasteiger partial charge in [0, 0.05) is 57.8 Å². The number of anilines is 1. The van der Waals surface area contributed by atoms with Crippen LogP contribution < -0.4 is 4.90 Å². The van der Waals surface area contributed by atoms with E-state index < -0.39 is 5.82 Å². The first-order chi connectivity index (χ1) is 15.0. The van der Waals surface area contributed by atoms with Crippen LogP contribution in [0.25, 0.3) is 6.08 Å². The molecular formula is C24H27FN4O2. The Morgan fingerprint density at radius 3 is 2.55 bits per heavy atom. The van der Waals surface area contributed by atoms with Crippen molar-refractivity contribution in [1.29, 1.82) is 0 Å². The maximum absolute atomic E-state index is 14.3. The Morgan fingerprint density at radius 1 is 1.10 bits per heavy atom. The zero-order chi connectivity index (χ0) is 22.0. The van der Waals surface area contributed by atoms with E-state index in [-0.39, 0.29) is 23.7 Å². The summed E-state index contributed by atoms with van der Waals surface area (Å²) in [6, 6.07) is 3.51. The SMILES string of the molecule is CCC(=O)c1ncc(N2CCN(Cc3cnc4c(c3)CC(=O)C(CC)=C4)CC2)cc1F. The van der Waals surface area contributed by atoms with Gasteiger partial charge in [0.15, 0.2) is 17.4 Å². The van der Waals surface area contributed by atoms with Crippen molar-refractivity contribution in [2.45, 2.75) is 39.7 Å². The number of hydrogen-bond donors (Lipinski definition) is 0. The molecule has 0 saturated carbocycles. The number of pyridine rings is 2. The molecule has 0 atom stereocenters. The fourth-order valence-electron chi connectivity index (χ4n) is 4.16. The minimum Gasteiger partial charge on any atom is -0.368 e. The molecule has 2 aromatic rings. The molecule has 162 valence electrons. The van der Waals surface area contributed by atoms with E-state index >= 15 is 0 Å². The van der Waals surface area contributed by atoms with Crippen LogP contribution in [0.4, 0.5) is 10.1 Å². The highest BCUT2D eigenvalue weighted by Crippen LogP contribution is 2.24. The Kier molecular flexibility index (Phi) is 6.23. The molecular weight excluding hydrogens is 395 g/mol. The molecule has 6 nitrogen and oxygen atoms in total. The first kappa shape index (κ1) is 21.3. The van der Waals surface area contributed by atoms with E-state index in [1.165, 1.54) is 6.07 Å². The number of carbonyl (C=O) groups excluding carboxylic acids is 2. The minimum absolute atomic E-state index is 0.0795. The highest BCUT2D eigenvalue weighted by Gasteiger charge is 2.22. The van der Waals surface area contributed by atoms with Gasteiger partial charge < -0.3 is 4.90 Å². The van der Waals surface area contributed by atoms with Crippen molar-refractivity contribution in [1.82, 2.24) is 14.9 Å². The molecule has 0 unspecified atom stereocenters. The van der Waals surface area contributed by atoms with Crippen molar-refractivity contribution in [3.63, 3.8) is 0 Å². The quantitative estimate of drug-likeness (QED) is 0.665. The summed E-state index contributed by atoms with van der Waals surface area (Å²) in [6.07, 6.45) is 6.80. The van der Waals surface area contributed by atoms with Gasteiger partial charge >= 0.3 is 0 Å². The molecule has 2 aliphatic rings. The zero-order valence-corrected chi connectivity index (χ0v) is 18.0. The zero-order valence-electron chi connectivity index (χ0n) is 18.0. The molecule has 1 aliphatic heterocycles. The van der Waals surface area contributed by atoms with E-state index in [0.29, 0.717) is 12.1 Å². The number of rotatable bonds is 6. The third kappa shape index (κ3) is 4.56. The van der Waals surface area contributed by atoms with Gasteiger partial charge in [0.2, 0.25) is 0 Å². The van der Waals surface area contributed by atoms with Crippen molar-refractivity contribution in [3.8, 4) is 0 Å². The minimum atomic E-state index is -0.554. The number of Topliss-reactive ketones (excluding diaryl/α,β-unsaturated/α-hetero) is 2. The number of nitrogens with zero attached hydrogens (tertiary/aromatic N) is 4. The lowest BCUT2D eigenvalue weighted by molar-refractivity contribution is -0.115. The molecule has 0 aromatic carbocycles. The molecule has 4 rings (SSSR count). The molecule has 1 saturated heterocycles. The molecule has 7 heteroatoms. The normalized spacial score (nSPS) is 16.8. The van der Waals surface area contributed by atoms with Crippen LogP contribution in [-0.4, -0.2) is 52.6 Å². The molecule has 0 spiro atoms. The number of piperazine rings is 1. The van der Waals surface area contributed by atoms with Gasteiger partial charge in [0.1, 0.15) is 5.69 Å². The standard InChI is InChI=1S/C24H27FN4O2/c1-3-17-10-21-18(11-23(17)31)9-16(13-26-21)15-28-5-7-29(8-6-28)19-12-20(25)24(27-14-19)22(30)4-2/h9-10,12-14H,3-8,11,15H2,1-2H3. The maximum atomic E-state index is 14.3. The summed E-state index contributed by atoms with van der Waals surface area (Å²) in [5.74, 6) is -0.646. The number of aromatic nitrogens is 2. The van der Waals surface area contributed by atoms with Crippen LogP contribution >= 0.6 is 0 Å². The lowest BCUT2D eigenvalue weighted by Crippen LogP contribution is -2.46. The van der Waals surface area contributed by atoms with E-state index in [1.54, 1.807) is 13.1 Å². The summed E-state index contributed by atoms with van der Waals surface area (Å²) in [5, 5.41) is 0. The molecule has 2 aromatic heterocycles.